The van der Waals surface area contributed by atoms with Crippen molar-refractivity contribution in [3.8, 4) is 0 Å². The van der Waals surface area contributed by atoms with Gasteiger partial charge in [0.2, 0.25) is 5.91 Å². The molecule has 0 bridgehead atoms. The third kappa shape index (κ3) is 2.83. The van der Waals surface area contributed by atoms with E-state index in [0.29, 0.717) is 6.04 Å². The highest BCUT2D eigenvalue weighted by molar-refractivity contribution is 7.10. The number of hydrogen-bond donors (Lipinski definition) is 2. The summed E-state index contributed by atoms with van der Waals surface area (Å²) in [5, 5.41) is 5.37. The summed E-state index contributed by atoms with van der Waals surface area (Å²) in [6.45, 7) is 0. The van der Waals surface area contributed by atoms with E-state index in [-0.39, 0.29) is 11.9 Å². The molecule has 4 heteroatoms. The van der Waals surface area contributed by atoms with Gasteiger partial charge < -0.3 is 5.73 Å². The van der Waals surface area contributed by atoms with Crippen molar-refractivity contribution < 1.29 is 4.79 Å². The van der Waals surface area contributed by atoms with Gasteiger partial charge in [0.25, 0.3) is 0 Å². The van der Waals surface area contributed by atoms with Crippen LogP contribution in [0.15, 0.2) is 17.5 Å². The number of carbonyl (C=O) groups excluding carboxylic acids is 1. The summed E-state index contributed by atoms with van der Waals surface area (Å²) in [6.07, 6.45) is 6.16. The second-order valence-corrected chi connectivity index (χ2v) is 5.33. The van der Waals surface area contributed by atoms with Crippen LogP contribution in [-0.4, -0.2) is 11.9 Å². The first-order chi connectivity index (χ1) is 7.77. The van der Waals surface area contributed by atoms with Gasteiger partial charge in [-0.15, -0.1) is 11.3 Å². The van der Waals surface area contributed by atoms with Crippen molar-refractivity contribution in [2.45, 2.75) is 44.2 Å². The number of nitrogens with two attached hydrogens (primary N) is 1. The number of hydrogen-bond acceptors (Lipinski definition) is 3. The monoisotopic (exact) mass is 238 g/mol. The first kappa shape index (κ1) is 11.6. The predicted molar refractivity (Wildman–Crippen MR) is 66.3 cm³/mol. The Morgan fingerprint density at radius 2 is 2.19 bits per heavy atom. The largest absolute Gasteiger partial charge is 0.368 e. The maximum atomic E-state index is 11.4. The van der Waals surface area contributed by atoms with Gasteiger partial charge in [-0.3, -0.25) is 10.1 Å². The zero-order valence-electron chi connectivity index (χ0n) is 9.32. The summed E-state index contributed by atoms with van der Waals surface area (Å²) in [5.74, 6) is -0.270. The maximum Gasteiger partial charge on any atom is 0.240 e. The number of carbonyl (C=O) groups is 1. The van der Waals surface area contributed by atoms with Crippen molar-refractivity contribution in [3.05, 3.63) is 22.4 Å². The minimum Gasteiger partial charge on any atom is -0.368 e. The molecule has 1 aliphatic carbocycles. The smallest absolute Gasteiger partial charge is 0.240 e. The van der Waals surface area contributed by atoms with E-state index in [9.17, 15) is 4.79 Å². The van der Waals surface area contributed by atoms with Crippen molar-refractivity contribution in [2.24, 2.45) is 5.73 Å². The molecule has 0 aliphatic heterocycles. The predicted octanol–water partition coefficient (Wildman–Crippen LogP) is 2.20. The summed E-state index contributed by atoms with van der Waals surface area (Å²) < 4.78 is 0. The summed E-state index contributed by atoms with van der Waals surface area (Å²) >= 11 is 1.58. The van der Waals surface area contributed by atoms with Gasteiger partial charge >= 0.3 is 0 Å². The molecule has 0 radical (unpaired) electrons. The zero-order valence-corrected chi connectivity index (χ0v) is 10.1. The molecule has 1 atom stereocenters. The summed E-state index contributed by atoms with van der Waals surface area (Å²) in [4.78, 5) is 12.5. The van der Waals surface area contributed by atoms with E-state index in [1.165, 1.54) is 19.3 Å². The first-order valence-corrected chi connectivity index (χ1v) is 6.74. The molecular formula is C12H18N2OS. The Kier molecular flexibility index (Phi) is 3.96. The van der Waals surface area contributed by atoms with E-state index in [1.807, 2.05) is 17.5 Å². The van der Waals surface area contributed by atoms with Gasteiger partial charge in [-0.05, 0) is 24.3 Å². The Bertz CT molecular complexity index is 331. The molecule has 0 saturated heterocycles. The van der Waals surface area contributed by atoms with Gasteiger partial charge in [-0.2, -0.15) is 0 Å². The fraction of sp³-hybridized carbons (Fsp3) is 0.583. The van der Waals surface area contributed by atoms with E-state index >= 15 is 0 Å². The van der Waals surface area contributed by atoms with E-state index in [4.69, 9.17) is 5.73 Å². The molecule has 1 amide bonds. The molecule has 1 aromatic rings. The quantitative estimate of drug-likeness (QED) is 0.845. The molecule has 1 aromatic heterocycles. The van der Waals surface area contributed by atoms with Crippen molar-refractivity contribution in [1.82, 2.24) is 5.32 Å². The van der Waals surface area contributed by atoms with E-state index < -0.39 is 0 Å². The van der Waals surface area contributed by atoms with Crippen molar-refractivity contribution >= 4 is 17.2 Å². The van der Waals surface area contributed by atoms with Gasteiger partial charge in [-0.25, -0.2) is 0 Å². The number of nitrogens with one attached hydrogen (secondary N) is 1. The van der Waals surface area contributed by atoms with Crippen LogP contribution in [0.4, 0.5) is 0 Å². The van der Waals surface area contributed by atoms with Gasteiger partial charge in [0, 0.05) is 10.9 Å². The Labute approximate surface area is 100 Å². The maximum absolute atomic E-state index is 11.4. The van der Waals surface area contributed by atoms with Crippen LogP contribution in [0.1, 0.15) is 43.0 Å². The molecule has 1 unspecified atom stereocenters. The van der Waals surface area contributed by atoms with Crippen LogP contribution < -0.4 is 11.1 Å². The molecule has 3 N–H and O–H groups in total. The standard InChI is InChI=1S/C12H18N2OS/c13-12(15)11(10-7-4-8-16-10)14-9-5-2-1-3-6-9/h4,7-9,11,14H,1-3,5-6H2,(H2,13,15). The third-order valence-electron chi connectivity index (χ3n) is 3.12. The molecule has 3 nitrogen and oxygen atoms in total. The SMILES string of the molecule is NC(=O)C(NC1CCCCC1)c1cccs1. The van der Waals surface area contributed by atoms with Gasteiger partial charge in [0.15, 0.2) is 0 Å². The molecule has 16 heavy (non-hydrogen) atoms. The van der Waals surface area contributed by atoms with Crippen molar-refractivity contribution in [1.29, 1.82) is 0 Å². The number of primary amides is 1. The molecule has 1 saturated carbocycles. The van der Waals surface area contributed by atoms with Gasteiger partial charge in [-0.1, -0.05) is 25.3 Å². The van der Waals surface area contributed by atoms with E-state index in [0.717, 1.165) is 17.7 Å². The number of thiophene rings is 1. The molecular weight excluding hydrogens is 220 g/mol. The Morgan fingerprint density at radius 1 is 1.44 bits per heavy atom. The highest BCUT2D eigenvalue weighted by Gasteiger charge is 2.23. The molecule has 88 valence electrons. The Balaban J connectivity index is 2.00. The van der Waals surface area contributed by atoms with Crippen LogP contribution in [0, 0.1) is 0 Å². The molecule has 0 spiro atoms. The minimum atomic E-state index is -0.303. The fourth-order valence-electron chi connectivity index (χ4n) is 2.26. The van der Waals surface area contributed by atoms with Crippen LogP contribution >= 0.6 is 11.3 Å². The second-order valence-electron chi connectivity index (χ2n) is 4.35. The summed E-state index contributed by atoms with van der Waals surface area (Å²) in [6, 6.07) is 4.07. The van der Waals surface area contributed by atoms with Crippen LogP contribution in [0.3, 0.4) is 0 Å². The van der Waals surface area contributed by atoms with Gasteiger partial charge in [0.1, 0.15) is 6.04 Å². The molecule has 1 heterocycles. The van der Waals surface area contributed by atoms with E-state index in [2.05, 4.69) is 5.32 Å². The second kappa shape index (κ2) is 5.46. The third-order valence-corrected chi connectivity index (χ3v) is 4.06. The molecule has 1 fully saturated rings. The van der Waals surface area contributed by atoms with Crippen LogP contribution in [0.5, 0.6) is 0 Å². The lowest BCUT2D eigenvalue weighted by Crippen LogP contribution is -2.40. The molecule has 1 aliphatic rings. The van der Waals surface area contributed by atoms with Crippen LogP contribution in [-0.2, 0) is 4.79 Å². The summed E-state index contributed by atoms with van der Waals surface area (Å²) in [7, 11) is 0. The average Bonchev–Trinajstić information content (AvgIpc) is 2.80. The molecule has 0 aromatic carbocycles. The zero-order chi connectivity index (χ0) is 11.4. The highest BCUT2D eigenvalue weighted by Crippen LogP contribution is 2.23. The van der Waals surface area contributed by atoms with Gasteiger partial charge in [0.05, 0.1) is 0 Å². The lowest BCUT2D eigenvalue weighted by atomic mass is 9.94. The van der Waals surface area contributed by atoms with E-state index in [1.54, 1.807) is 11.3 Å². The average molecular weight is 238 g/mol. The topological polar surface area (TPSA) is 55.1 Å². The Morgan fingerprint density at radius 3 is 2.75 bits per heavy atom. The Hall–Kier alpha value is -0.870. The van der Waals surface area contributed by atoms with Crippen molar-refractivity contribution in [3.63, 3.8) is 0 Å². The molecule has 2 rings (SSSR count). The van der Waals surface area contributed by atoms with Crippen molar-refractivity contribution in [2.75, 3.05) is 0 Å². The van der Waals surface area contributed by atoms with Crippen LogP contribution in [0.25, 0.3) is 0 Å². The minimum absolute atomic E-state index is 0.270. The summed E-state index contributed by atoms with van der Waals surface area (Å²) in [5.41, 5.74) is 5.45. The highest BCUT2D eigenvalue weighted by atomic mass is 32.1. The number of rotatable bonds is 4. The first-order valence-electron chi connectivity index (χ1n) is 5.86. The lowest BCUT2D eigenvalue weighted by molar-refractivity contribution is -0.120. The lowest BCUT2D eigenvalue weighted by Gasteiger charge is -2.26. The fourth-order valence-corrected chi connectivity index (χ4v) is 3.06. The normalized spacial score (nSPS) is 19.5. The van der Waals surface area contributed by atoms with Crippen LogP contribution in [0.2, 0.25) is 0 Å². The number of amides is 1.